The zero-order chi connectivity index (χ0) is 20.1. The van der Waals surface area contributed by atoms with Crippen molar-refractivity contribution in [2.75, 3.05) is 0 Å². The van der Waals surface area contributed by atoms with Gasteiger partial charge in [0.2, 0.25) is 0 Å². The van der Waals surface area contributed by atoms with Gasteiger partial charge in [-0.2, -0.15) is 0 Å². The van der Waals surface area contributed by atoms with Gasteiger partial charge in [0.15, 0.2) is 0 Å². The molecule has 0 bridgehead atoms. The van der Waals surface area contributed by atoms with Gasteiger partial charge in [-0.25, -0.2) is 0 Å². The monoisotopic (exact) mass is 388 g/mol. The lowest BCUT2D eigenvalue weighted by Crippen LogP contribution is -2.57. The molecule has 28 heavy (non-hydrogen) atoms. The first-order chi connectivity index (χ1) is 13.3. The van der Waals surface area contributed by atoms with E-state index in [1.54, 1.807) is 0 Å². The van der Waals surface area contributed by atoms with Gasteiger partial charge in [-0.3, -0.25) is 0 Å². The normalized spacial score (nSPS) is 49.4. The van der Waals surface area contributed by atoms with Crippen molar-refractivity contribution in [1.29, 1.82) is 0 Å². The van der Waals surface area contributed by atoms with Crippen molar-refractivity contribution in [3.8, 4) is 0 Å². The molecule has 162 valence electrons. The van der Waals surface area contributed by atoms with Crippen molar-refractivity contribution in [1.82, 2.24) is 0 Å². The molecule has 1 heteroatoms. The summed E-state index contributed by atoms with van der Waals surface area (Å²) in [6.07, 6.45) is 16.6. The molecule has 4 saturated carbocycles. The minimum atomic E-state index is -0.0172. The first kappa shape index (κ1) is 21.2. The van der Waals surface area contributed by atoms with Gasteiger partial charge in [0.25, 0.3) is 0 Å². The lowest BCUT2D eigenvalue weighted by molar-refractivity contribution is -0.159. The molecule has 0 amide bonds. The summed E-state index contributed by atoms with van der Waals surface area (Å²) >= 11 is 0. The molecule has 0 unspecified atom stereocenters. The van der Waals surface area contributed by atoms with Crippen LogP contribution in [0, 0.1) is 52.3 Å². The second kappa shape index (κ2) is 7.90. The summed E-state index contributed by atoms with van der Waals surface area (Å²) in [6, 6.07) is 0. The highest BCUT2D eigenvalue weighted by atomic mass is 16.3. The SMILES string of the molecule is CC(C)CCC[C@@H](C)[C@H]1CC[C@H]2[C@@H]3C[C@@H](O)[C@H]4CCCC[C@]4(C)[C@H]3CC[C@]12C. The lowest BCUT2D eigenvalue weighted by atomic mass is 9.44. The molecule has 0 aliphatic heterocycles. The van der Waals surface area contributed by atoms with Crippen LogP contribution in [-0.4, -0.2) is 11.2 Å². The Bertz CT molecular complexity index is 540. The average Bonchev–Trinajstić information content (AvgIpc) is 2.99. The van der Waals surface area contributed by atoms with Crippen LogP contribution in [0.15, 0.2) is 0 Å². The van der Waals surface area contributed by atoms with E-state index in [9.17, 15) is 5.11 Å². The highest BCUT2D eigenvalue weighted by Gasteiger charge is 2.61. The number of fused-ring (bicyclic) bond motifs is 5. The number of aliphatic hydroxyl groups is 1. The predicted molar refractivity (Wildman–Crippen MR) is 119 cm³/mol. The van der Waals surface area contributed by atoms with E-state index in [-0.39, 0.29) is 6.10 Å². The maximum Gasteiger partial charge on any atom is 0.0576 e. The third-order valence-corrected chi connectivity index (χ3v) is 10.8. The second-order valence-corrected chi connectivity index (χ2v) is 12.6. The molecule has 0 saturated heterocycles. The largest absolute Gasteiger partial charge is 0.393 e. The number of hydrogen-bond acceptors (Lipinski definition) is 1. The van der Waals surface area contributed by atoms with Gasteiger partial charge in [-0.1, -0.05) is 66.7 Å². The number of aliphatic hydroxyl groups excluding tert-OH is 1. The van der Waals surface area contributed by atoms with Crippen molar-refractivity contribution in [3.63, 3.8) is 0 Å². The Morgan fingerprint density at radius 1 is 0.821 bits per heavy atom. The van der Waals surface area contributed by atoms with Gasteiger partial charge in [-0.05, 0) is 97.2 Å². The Morgan fingerprint density at radius 2 is 1.57 bits per heavy atom. The van der Waals surface area contributed by atoms with Crippen LogP contribution in [0.1, 0.15) is 112 Å². The summed E-state index contributed by atoms with van der Waals surface area (Å²) < 4.78 is 0. The molecule has 4 aliphatic rings. The van der Waals surface area contributed by atoms with Crippen molar-refractivity contribution in [3.05, 3.63) is 0 Å². The number of rotatable bonds is 5. The van der Waals surface area contributed by atoms with Crippen molar-refractivity contribution in [2.45, 2.75) is 118 Å². The smallest absolute Gasteiger partial charge is 0.0576 e. The molecule has 0 heterocycles. The molecule has 4 aliphatic carbocycles. The van der Waals surface area contributed by atoms with Crippen LogP contribution < -0.4 is 0 Å². The van der Waals surface area contributed by atoms with Gasteiger partial charge in [0, 0.05) is 0 Å². The maximum atomic E-state index is 11.2. The third kappa shape index (κ3) is 3.40. The van der Waals surface area contributed by atoms with Crippen molar-refractivity contribution < 1.29 is 5.11 Å². The fourth-order valence-corrected chi connectivity index (χ4v) is 9.38. The molecular formula is C27H48O. The Labute approximate surface area is 175 Å². The maximum absolute atomic E-state index is 11.2. The molecular weight excluding hydrogens is 340 g/mol. The summed E-state index contributed by atoms with van der Waals surface area (Å²) in [6.45, 7) is 12.6. The molecule has 0 aromatic rings. The molecule has 4 fully saturated rings. The summed E-state index contributed by atoms with van der Waals surface area (Å²) in [4.78, 5) is 0. The first-order valence-electron chi connectivity index (χ1n) is 13.0. The van der Waals surface area contributed by atoms with Gasteiger partial charge >= 0.3 is 0 Å². The van der Waals surface area contributed by atoms with Crippen LogP contribution in [-0.2, 0) is 0 Å². The average molecular weight is 389 g/mol. The quantitative estimate of drug-likeness (QED) is 0.518. The predicted octanol–water partition coefficient (Wildman–Crippen LogP) is 7.47. The van der Waals surface area contributed by atoms with Gasteiger partial charge in [-0.15, -0.1) is 0 Å². The Balaban J connectivity index is 1.49. The van der Waals surface area contributed by atoms with E-state index in [1.165, 1.54) is 70.6 Å². The van der Waals surface area contributed by atoms with E-state index in [2.05, 4.69) is 34.6 Å². The molecule has 1 nitrogen and oxygen atoms in total. The first-order valence-corrected chi connectivity index (χ1v) is 13.0. The molecule has 0 aromatic heterocycles. The Hall–Kier alpha value is -0.0400. The lowest BCUT2D eigenvalue weighted by Gasteiger charge is -2.62. The summed E-state index contributed by atoms with van der Waals surface area (Å²) in [5.74, 6) is 5.85. The molecule has 0 aromatic carbocycles. The van der Waals surface area contributed by atoms with E-state index in [0.717, 1.165) is 41.9 Å². The fourth-order valence-electron chi connectivity index (χ4n) is 9.38. The Morgan fingerprint density at radius 3 is 2.32 bits per heavy atom. The van der Waals surface area contributed by atoms with Gasteiger partial charge < -0.3 is 5.11 Å². The Kier molecular flexibility index (Phi) is 5.98. The standard InChI is InChI=1S/C27H48O/c1-18(2)9-8-10-19(3)21-12-13-22-20-17-25(28)24-11-6-7-15-26(24,4)23(20)14-16-27(21,22)5/h18-25,28H,6-17H2,1-5H3/t19-,20+,21-,22+,23+,24-,25-,26-,27-/m1/s1. The fraction of sp³-hybridized carbons (Fsp3) is 1.00. The van der Waals surface area contributed by atoms with Gasteiger partial charge in [0.05, 0.1) is 6.10 Å². The molecule has 0 radical (unpaired) electrons. The van der Waals surface area contributed by atoms with Crippen molar-refractivity contribution >= 4 is 0 Å². The minimum Gasteiger partial charge on any atom is -0.393 e. The van der Waals surface area contributed by atoms with Crippen molar-refractivity contribution in [2.24, 2.45) is 52.3 Å². The molecule has 1 N–H and O–H groups in total. The van der Waals surface area contributed by atoms with E-state index in [4.69, 9.17) is 0 Å². The van der Waals surface area contributed by atoms with Crippen LogP contribution >= 0.6 is 0 Å². The summed E-state index contributed by atoms with van der Waals surface area (Å²) in [7, 11) is 0. The third-order valence-electron chi connectivity index (χ3n) is 10.8. The summed E-state index contributed by atoms with van der Waals surface area (Å²) in [5.41, 5.74) is 0.985. The zero-order valence-electron chi connectivity index (χ0n) is 19.6. The molecule has 4 rings (SSSR count). The summed E-state index contributed by atoms with van der Waals surface area (Å²) in [5, 5.41) is 11.2. The van der Waals surface area contributed by atoms with E-state index >= 15 is 0 Å². The second-order valence-electron chi connectivity index (χ2n) is 12.6. The zero-order valence-corrected chi connectivity index (χ0v) is 19.6. The van der Waals surface area contributed by atoms with Gasteiger partial charge in [0.1, 0.15) is 0 Å². The van der Waals surface area contributed by atoms with Crippen LogP contribution in [0.2, 0.25) is 0 Å². The van der Waals surface area contributed by atoms with E-state index in [0.29, 0.717) is 16.7 Å². The number of hydrogen-bond donors (Lipinski definition) is 1. The minimum absolute atomic E-state index is 0.0172. The highest BCUT2D eigenvalue weighted by Crippen LogP contribution is 2.68. The highest BCUT2D eigenvalue weighted by molar-refractivity contribution is 5.10. The van der Waals surface area contributed by atoms with E-state index < -0.39 is 0 Å². The van der Waals surface area contributed by atoms with E-state index in [1.807, 2.05) is 0 Å². The molecule has 9 atom stereocenters. The van der Waals surface area contributed by atoms with Crippen LogP contribution in [0.3, 0.4) is 0 Å². The molecule has 0 spiro atoms. The van der Waals surface area contributed by atoms with Crippen LogP contribution in [0.5, 0.6) is 0 Å². The topological polar surface area (TPSA) is 20.2 Å². The van der Waals surface area contributed by atoms with Crippen LogP contribution in [0.4, 0.5) is 0 Å². The van der Waals surface area contributed by atoms with Crippen LogP contribution in [0.25, 0.3) is 0 Å².